The number of halogens is 1. The van der Waals surface area contributed by atoms with Gasteiger partial charge in [-0.2, -0.15) is 0 Å². The smallest absolute Gasteiger partial charge is 0.0820 e. The zero-order valence-electron chi connectivity index (χ0n) is 6.64. The van der Waals surface area contributed by atoms with Crippen molar-refractivity contribution in [2.24, 2.45) is 0 Å². The molecule has 0 saturated heterocycles. The Labute approximate surface area is 85.7 Å². The topological polar surface area (TPSA) is 30.7 Å². The Morgan fingerprint density at radius 3 is 3.08 bits per heavy atom. The van der Waals surface area contributed by atoms with Gasteiger partial charge in [0.05, 0.1) is 18.1 Å². The summed E-state index contributed by atoms with van der Waals surface area (Å²) in [6.07, 6.45) is 7.72. The van der Waals surface area contributed by atoms with Crippen LogP contribution in [0.25, 0.3) is 5.70 Å². The predicted octanol–water partition coefficient (Wildman–Crippen LogP) is 2.02. The van der Waals surface area contributed by atoms with E-state index in [2.05, 4.69) is 10.3 Å². The molecule has 0 fully saturated rings. The van der Waals surface area contributed by atoms with Crippen LogP contribution in [0.15, 0.2) is 29.6 Å². The van der Waals surface area contributed by atoms with Crippen molar-refractivity contribution in [2.75, 3.05) is 0 Å². The van der Waals surface area contributed by atoms with Crippen LogP contribution < -0.4 is 0 Å². The molecule has 0 atom stereocenters. The molecule has 1 heterocycles. The molecule has 3 nitrogen and oxygen atoms in total. The molecule has 1 aliphatic rings. The molecule has 0 saturated carbocycles. The quantitative estimate of drug-likeness (QED) is 0.666. The van der Waals surface area contributed by atoms with E-state index in [0.29, 0.717) is 11.5 Å². The van der Waals surface area contributed by atoms with E-state index in [0.717, 1.165) is 10.6 Å². The van der Waals surface area contributed by atoms with Gasteiger partial charge in [-0.15, -0.1) is 5.10 Å². The number of nitrogens with zero attached hydrogens (tertiary/aromatic N) is 3. The van der Waals surface area contributed by atoms with Crippen molar-refractivity contribution >= 4 is 34.4 Å². The molecule has 0 aliphatic heterocycles. The second kappa shape index (κ2) is 3.40. The maximum Gasteiger partial charge on any atom is 0.0820 e. The third-order valence-electron chi connectivity index (χ3n) is 1.71. The number of hydrogen-bond acceptors (Lipinski definition) is 3. The van der Waals surface area contributed by atoms with Gasteiger partial charge in [-0.25, -0.2) is 4.68 Å². The molecular weight excluding hydrogens is 206 g/mol. The summed E-state index contributed by atoms with van der Waals surface area (Å²) < 4.78 is 1.62. The average molecular weight is 212 g/mol. The van der Waals surface area contributed by atoms with Gasteiger partial charge in [-0.3, -0.25) is 0 Å². The van der Waals surface area contributed by atoms with Gasteiger partial charge >= 0.3 is 0 Å². The fourth-order valence-electron chi connectivity index (χ4n) is 1.10. The van der Waals surface area contributed by atoms with Gasteiger partial charge in [-0.05, 0) is 6.08 Å². The van der Waals surface area contributed by atoms with Crippen LogP contribution in [0.3, 0.4) is 0 Å². The SMILES string of the molecule is S=C1CC=C(Cl)C=C1n1ccnn1. The summed E-state index contributed by atoms with van der Waals surface area (Å²) in [5.41, 5.74) is 0.833. The van der Waals surface area contributed by atoms with Crippen molar-refractivity contribution in [3.63, 3.8) is 0 Å². The van der Waals surface area contributed by atoms with Crippen LogP contribution in [0.1, 0.15) is 6.42 Å². The minimum Gasteiger partial charge on any atom is -0.220 e. The van der Waals surface area contributed by atoms with Gasteiger partial charge in [0.15, 0.2) is 0 Å². The lowest BCUT2D eigenvalue weighted by atomic mass is 10.1. The Bertz CT molecular complexity index is 392. The third-order valence-corrected chi connectivity index (χ3v) is 2.35. The van der Waals surface area contributed by atoms with Crippen LogP contribution in [-0.2, 0) is 0 Å². The highest BCUT2D eigenvalue weighted by molar-refractivity contribution is 7.81. The van der Waals surface area contributed by atoms with Gasteiger partial charge in [0.25, 0.3) is 0 Å². The lowest BCUT2D eigenvalue weighted by molar-refractivity contribution is 0.828. The molecule has 0 unspecified atom stereocenters. The van der Waals surface area contributed by atoms with E-state index in [1.54, 1.807) is 23.2 Å². The Morgan fingerprint density at radius 2 is 2.38 bits per heavy atom. The van der Waals surface area contributed by atoms with E-state index >= 15 is 0 Å². The Morgan fingerprint density at radius 1 is 1.54 bits per heavy atom. The average Bonchev–Trinajstić information content (AvgIpc) is 2.61. The maximum atomic E-state index is 5.86. The fourth-order valence-corrected chi connectivity index (χ4v) is 1.51. The number of thiocarbonyl (C=S) groups is 1. The van der Waals surface area contributed by atoms with Crippen LogP contribution in [0, 0.1) is 0 Å². The molecule has 0 amide bonds. The number of rotatable bonds is 1. The molecular formula is C8H6ClN3S. The summed E-state index contributed by atoms with van der Waals surface area (Å²) in [6, 6.07) is 0. The highest BCUT2D eigenvalue weighted by Gasteiger charge is 2.11. The number of hydrogen-bond donors (Lipinski definition) is 0. The summed E-state index contributed by atoms with van der Waals surface area (Å²) in [5.74, 6) is 0. The molecule has 1 aromatic rings. The van der Waals surface area contributed by atoms with Crippen LogP contribution in [0.4, 0.5) is 0 Å². The monoisotopic (exact) mass is 211 g/mol. The first-order valence-electron chi connectivity index (χ1n) is 3.74. The van der Waals surface area contributed by atoms with E-state index in [1.807, 2.05) is 6.08 Å². The first-order chi connectivity index (χ1) is 6.27. The zero-order valence-corrected chi connectivity index (χ0v) is 8.22. The summed E-state index contributed by atoms with van der Waals surface area (Å²) in [7, 11) is 0. The van der Waals surface area contributed by atoms with Crippen molar-refractivity contribution in [3.05, 3.63) is 29.6 Å². The molecule has 0 spiro atoms. The van der Waals surface area contributed by atoms with E-state index in [9.17, 15) is 0 Å². The Balaban J connectivity index is 2.42. The first-order valence-corrected chi connectivity index (χ1v) is 4.53. The van der Waals surface area contributed by atoms with Gasteiger partial charge < -0.3 is 0 Å². The molecule has 1 aromatic heterocycles. The minimum atomic E-state index is 0.694. The lowest BCUT2D eigenvalue weighted by Gasteiger charge is -2.10. The largest absolute Gasteiger partial charge is 0.220 e. The van der Waals surface area contributed by atoms with Gasteiger partial charge in [0.2, 0.25) is 0 Å². The molecule has 2 rings (SSSR count). The van der Waals surface area contributed by atoms with Crippen molar-refractivity contribution < 1.29 is 0 Å². The lowest BCUT2D eigenvalue weighted by Crippen LogP contribution is -2.09. The highest BCUT2D eigenvalue weighted by Crippen LogP contribution is 2.20. The molecule has 13 heavy (non-hydrogen) atoms. The van der Waals surface area contributed by atoms with E-state index in [1.165, 1.54) is 0 Å². The minimum absolute atomic E-state index is 0.694. The second-order valence-electron chi connectivity index (χ2n) is 2.59. The first kappa shape index (κ1) is 8.59. The standard InChI is InChI=1S/C8H6ClN3S/c9-6-1-2-8(13)7(5-6)12-4-3-10-11-12/h1,3-5H,2H2. The van der Waals surface area contributed by atoms with Crippen LogP contribution in [0.2, 0.25) is 0 Å². The van der Waals surface area contributed by atoms with Crippen LogP contribution in [0.5, 0.6) is 0 Å². The highest BCUT2D eigenvalue weighted by atomic mass is 35.5. The molecule has 0 radical (unpaired) electrons. The molecule has 1 aliphatic carbocycles. The second-order valence-corrected chi connectivity index (χ2v) is 3.52. The van der Waals surface area contributed by atoms with E-state index in [4.69, 9.17) is 23.8 Å². The van der Waals surface area contributed by atoms with Crippen molar-refractivity contribution in [1.29, 1.82) is 0 Å². The van der Waals surface area contributed by atoms with Crippen molar-refractivity contribution in [2.45, 2.75) is 6.42 Å². The zero-order chi connectivity index (χ0) is 9.26. The third kappa shape index (κ3) is 1.68. The molecule has 0 N–H and O–H groups in total. The van der Waals surface area contributed by atoms with Crippen molar-refractivity contribution in [1.82, 2.24) is 15.0 Å². The maximum absolute atomic E-state index is 5.86. The molecule has 66 valence electrons. The molecule has 0 aromatic carbocycles. The van der Waals surface area contributed by atoms with Crippen LogP contribution >= 0.6 is 23.8 Å². The van der Waals surface area contributed by atoms with Gasteiger partial charge in [0, 0.05) is 16.3 Å². The van der Waals surface area contributed by atoms with Gasteiger partial charge in [0.1, 0.15) is 0 Å². The van der Waals surface area contributed by atoms with Crippen molar-refractivity contribution in [3.8, 4) is 0 Å². The number of allylic oxidation sites excluding steroid dienone is 4. The van der Waals surface area contributed by atoms with Crippen LogP contribution in [-0.4, -0.2) is 19.9 Å². The summed E-state index contributed by atoms with van der Waals surface area (Å²) in [6.45, 7) is 0. The molecule has 0 bridgehead atoms. The summed E-state index contributed by atoms with van der Waals surface area (Å²) >= 11 is 11.0. The summed E-state index contributed by atoms with van der Waals surface area (Å²) in [4.78, 5) is 0.829. The van der Waals surface area contributed by atoms with Gasteiger partial charge in [-0.1, -0.05) is 35.1 Å². The Hall–Kier alpha value is -1.00. The summed E-state index contributed by atoms with van der Waals surface area (Å²) in [5, 5.41) is 8.25. The van der Waals surface area contributed by atoms with E-state index in [-0.39, 0.29) is 0 Å². The fraction of sp³-hybridized carbons (Fsp3) is 0.125. The number of aromatic nitrogens is 3. The molecule has 5 heteroatoms. The predicted molar refractivity (Wildman–Crippen MR) is 55.4 cm³/mol. The van der Waals surface area contributed by atoms with E-state index < -0.39 is 0 Å². The Kier molecular flexibility index (Phi) is 2.24. The normalized spacial score (nSPS) is 16.8.